The van der Waals surface area contributed by atoms with Crippen LogP contribution in [0, 0.1) is 0 Å². The first kappa shape index (κ1) is 18.0. The van der Waals surface area contributed by atoms with Crippen molar-refractivity contribution in [3.63, 3.8) is 0 Å². The van der Waals surface area contributed by atoms with Crippen LogP contribution < -0.4 is 5.32 Å². The Bertz CT molecular complexity index is 666. The van der Waals surface area contributed by atoms with E-state index in [-0.39, 0.29) is 5.91 Å². The number of unbranched alkanes of at least 4 members (excludes halogenated alkanes) is 1. The number of hydrogen-bond donors (Lipinski definition) is 1. The van der Waals surface area contributed by atoms with Crippen molar-refractivity contribution in [3.8, 4) is 0 Å². The van der Waals surface area contributed by atoms with E-state index in [1.54, 1.807) is 6.08 Å². The highest BCUT2D eigenvalue weighted by Gasteiger charge is 2.00. The average molecular weight is 321 g/mol. The van der Waals surface area contributed by atoms with Crippen molar-refractivity contribution in [3.05, 3.63) is 71.3 Å². The second-order valence-corrected chi connectivity index (χ2v) is 6.44. The summed E-state index contributed by atoms with van der Waals surface area (Å²) < 4.78 is 0. The molecule has 0 atom stereocenters. The maximum atomic E-state index is 12.0. The molecule has 2 heteroatoms. The van der Waals surface area contributed by atoms with Crippen molar-refractivity contribution in [1.29, 1.82) is 0 Å². The molecule has 0 heterocycles. The number of carbonyl (C=O) groups excluding carboxylic acids is 1. The lowest BCUT2D eigenvalue weighted by atomic mass is 10.0. The van der Waals surface area contributed by atoms with Crippen LogP contribution in [0.25, 0.3) is 6.08 Å². The summed E-state index contributed by atoms with van der Waals surface area (Å²) in [6.07, 6.45) is 6.91. The lowest BCUT2D eigenvalue weighted by Crippen LogP contribution is -2.07. The number of benzene rings is 2. The molecule has 0 aromatic heterocycles. The number of rotatable bonds is 7. The number of hydrogen-bond acceptors (Lipinski definition) is 1. The third kappa shape index (κ3) is 5.69. The molecule has 0 bridgehead atoms. The molecule has 0 aliphatic heterocycles. The average Bonchev–Trinajstić information content (AvgIpc) is 2.59. The highest BCUT2D eigenvalue weighted by Crippen LogP contribution is 2.15. The van der Waals surface area contributed by atoms with Gasteiger partial charge in [-0.25, -0.2) is 0 Å². The lowest BCUT2D eigenvalue weighted by molar-refractivity contribution is -0.111. The molecule has 24 heavy (non-hydrogen) atoms. The second-order valence-electron chi connectivity index (χ2n) is 6.44. The fourth-order valence-electron chi connectivity index (χ4n) is 2.48. The predicted molar refractivity (Wildman–Crippen MR) is 103 cm³/mol. The van der Waals surface area contributed by atoms with Crippen LogP contribution in [0.15, 0.2) is 54.6 Å². The Morgan fingerprint density at radius 1 is 1.04 bits per heavy atom. The van der Waals surface area contributed by atoms with E-state index >= 15 is 0 Å². The van der Waals surface area contributed by atoms with Gasteiger partial charge in [-0.05, 0) is 53.7 Å². The normalized spacial score (nSPS) is 11.2. The molecule has 2 aromatic rings. The van der Waals surface area contributed by atoms with E-state index in [0.717, 1.165) is 17.7 Å². The Balaban J connectivity index is 1.90. The molecule has 0 spiro atoms. The van der Waals surface area contributed by atoms with Gasteiger partial charge in [0.1, 0.15) is 0 Å². The van der Waals surface area contributed by atoms with Gasteiger partial charge in [-0.1, -0.05) is 63.6 Å². The Labute approximate surface area is 145 Å². The molecule has 0 saturated heterocycles. The Morgan fingerprint density at radius 2 is 1.71 bits per heavy atom. The smallest absolute Gasteiger partial charge is 0.248 e. The van der Waals surface area contributed by atoms with Crippen LogP contribution in [0.4, 0.5) is 5.69 Å². The quantitative estimate of drug-likeness (QED) is 0.641. The molecule has 0 fully saturated rings. The molecule has 0 aliphatic rings. The first-order chi connectivity index (χ1) is 11.6. The van der Waals surface area contributed by atoms with Crippen LogP contribution in [0.5, 0.6) is 0 Å². The zero-order chi connectivity index (χ0) is 17.4. The van der Waals surface area contributed by atoms with Gasteiger partial charge in [0.15, 0.2) is 0 Å². The van der Waals surface area contributed by atoms with Gasteiger partial charge >= 0.3 is 0 Å². The van der Waals surface area contributed by atoms with E-state index < -0.39 is 0 Å². The molecular weight excluding hydrogens is 294 g/mol. The van der Waals surface area contributed by atoms with E-state index in [1.165, 1.54) is 24.0 Å². The number of anilines is 1. The summed E-state index contributed by atoms with van der Waals surface area (Å²) in [5.41, 5.74) is 4.49. The number of carbonyl (C=O) groups is 1. The topological polar surface area (TPSA) is 29.1 Å². The van der Waals surface area contributed by atoms with Crippen molar-refractivity contribution in [2.45, 2.75) is 46.0 Å². The van der Waals surface area contributed by atoms with Crippen molar-refractivity contribution in [2.75, 3.05) is 5.32 Å². The third-order valence-corrected chi connectivity index (χ3v) is 4.07. The summed E-state index contributed by atoms with van der Waals surface area (Å²) in [6, 6.07) is 16.4. The molecule has 0 aliphatic carbocycles. The summed E-state index contributed by atoms with van der Waals surface area (Å²) in [6.45, 7) is 6.54. The van der Waals surface area contributed by atoms with Gasteiger partial charge in [-0.2, -0.15) is 0 Å². The fourth-order valence-corrected chi connectivity index (χ4v) is 2.48. The standard InChI is InChI=1S/C22H27NO/c1-4-5-6-18-9-14-21(15-10-18)23-22(24)16-11-19-7-12-20(13-8-19)17(2)3/h7-17H,4-6H2,1-3H3,(H,23,24). The molecule has 2 aromatic carbocycles. The molecule has 2 nitrogen and oxygen atoms in total. The van der Waals surface area contributed by atoms with Crippen molar-refractivity contribution in [1.82, 2.24) is 0 Å². The van der Waals surface area contributed by atoms with Crippen molar-refractivity contribution >= 4 is 17.7 Å². The van der Waals surface area contributed by atoms with Gasteiger partial charge in [0.25, 0.3) is 0 Å². The highest BCUT2D eigenvalue weighted by atomic mass is 16.1. The van der Waals surface area contributed by atoms with Crippen LogP contribution >= 0.6 is 0 Å². The highest BCUT2D eigenvalue weighted by molar-refractivity contribution is 6.01. The van der Waals surface area contributed by atoms with Crippen molar-refractivity contribution < 1.29 is 4.79 Å². The zero-order valence-corrected chi connectivity index (χ0v) is 14.9. The Kier molecular flexibility index (Phi) is 6.80. The van der Waals surface area contributed by atoms with E-state index in [2.05, 4.69) is 50.4 Å². The van der Waals surface area contributed by atoms with Gasteiger partial charge in [0, 0.05) is 11.8 Å². The second kappa shape index (κ2) is 9.07. The van der Waals surface area contributed by atoms with Gasteiger partial charge < -0.3 is 5.32 Å². The van der Waals surface area contributed by atoms with Crippen LogP contribution in [0.2, 0.25) is 0 Å². The van der Waals surface area contributed by atoms with E-state index in [4.69, 9.17) is 0 Å². The zero-order valence-electron chi connectivity index (χ0n) is 14.9. The fraction of sp³-hybridized carbons (Fsp3) is 0.318. The molecular formula is C22H27NO. The summed E-state index contributed by atoms with van der Waals surface area (Å²) >= 11 is 0. The number of nitrogens with one attached hydrogen (secondary N) is 1. The van der Waals surface area contributed by atoms with Crippen LogP contribution in [-0.4, -0.2) is 5.91 Å². The minimum absolute atomic E-state index is 0.107. The number of aryl methyl sites for hydroxylation is 1. The summed E-state index contributed by atoms with van der Waals surface area (Å²) in [4.78, 5) is 12.0. The molecule has 1 amide bonds. The molecule has 0 radical (unpaired) electrons. The monoisotopic (exact) mass is 321 g/mol. The number of amides is 1. The first-order valence-electron chi connectivity index (χ1n) is 8.76. The summed E-state index contributed by atoms with van der Waals surface area (Å²) in [5.74, 6) is 0.413. The van der Waals surface area contributed by atoms with Gasteiger partial charge in [-0.15, -0.1) is 0 Å². The predicted octanol–water partition coefficient (Wildman–Crippen LogP) is 5.80. The molecule has 0 unspecified atom stereocenters. The van der Waals surface area contributed by atoms with E-state index in [9.17, 15) is 4.79 Å². The molecule has 2 rings (SSSR count). The lowest BCUT2D eigenvalue weighted by Gasteiger charge is -2.05. The van der Waals surface area contributed by atoms with Gasteiger partial charge in [-0.3, -0.25) is 4.79 Å². The Hall–Kier alpha value is -2.35. The van der Waals surface area contributed by atoms with E-state index in [0.29, 0.717) is 5.92 Å². The largest absolute Gasteiger partial charge is 0.323 e. The van der Waals surface area contributed by atoms with Crippen molar-refractivity contribution in [2.24, 2.45) is 0 Å². The van der Waals surface area contributed by atoms with Crippen LogP contribution in [0.1, 0.15) is 56.2 Å². The minimum Gasteiger partial charge on any atom is -0.323 e. The molecule has 0 saturated carbocycles. The Morgan fingerprint density at radius 3 is 2.29 bits per heavy atom. The molecule has 126 valence electrons. The van der Waals surface area contributed by atoms with Crippen LogP contribution in [0.3, 0.4) is 0 Å². The van der Waals surface area contributed by atoms with Gasteiger partial charge in [0.2, 0.25) is 5.91 Å². The minimum atomic E-state index is -0.107. The van der Waals surface area contributed by atoms with Crippen LogP contribution in [-0.2, 0) is 11.2 Å². The summed E-state index contributed by atoms with van der Waals surface area (Å²) in [5, 5.41) is 2.90. The maximum absolute atomic E-state index is 12.0. The third-order valence-electron chi connectivity index (χ3n) is 4.07. The molecule has 1 N–H and O–H groups in total. The first-order valence-corrected chi connectivity index (χ1v) is 8.76. The SMILES string of the molecule is CCCCc1ccc(NC(=O)C=Cc2ccc(C(C)C)cc2)cc1. The summed E-state index contributed by atoms with van der Waals surface area (Å²) in [7, 11) is 0. The van der Waals surface area contributed by atoms with E-state index in [1.807, 2.05) is 30.3 Å². The maximum Gasteiger partial charge on any atom is 0.248 e. The van der Waals surface area contributed by atoms with Gasteiger partial charge in [0.05, 0.1) is 0 Å².